The predicted octanol–water partition coefficient (Wildman–Crippen LogP) is 29.0. The molecule has 4 heterocycles. The minimum absolute atomic E-state index is 0.707. The van der Waals surface area contributed by atoms with E-state index in [9.17, 15) is 0 Å². The van der Waals surface area contributed by atoms with Crippen molar-refractivity contribution in [2.24, 2.45) is 0 Å². The van der Waals surface area contributed by atoms with Crippen LogP contribution in [0.4, 0.5) is 0 Å². The summed E-state index contributed by atoms with van der Waals surface area (Å²) in [5.74, 6) is 1.41. The Morgan fingerprint density at radius 2 is 0.355 bits per heavy atom. The summed E-state index contributed by atoms with van der Waals surface area (Å²) in [6, 6.07) is 145. The molecule has 0 aliphatic rings. The number of nitrogens with zero attached hydrogens (tertiary/aromatic N) is 4. The molecule has 0 fully saturated rings. The predicted molar refractivity (Wildman–Crippen MR) is 465 cm³/mol. The standard InChI is InChI=1S/C104H66N4S2/c1-5-23-67(24-6-1)70-47-51-72(52-48-70)88-61-89(65-90(64-88)82-38-19-34-78(57-82)80-36-22-42-86(60-80)103-105-97(74-29-11-4-12-30-74)101-99(107-103)93-43-13-15-45-95(93)109-101)73-53-49-71(50-54-73)75-31-17-37-81(55-75)91-62-87(69-27-9-3-10-28-69)63-92(66-91)83-39-18-33-77(56-83)79-35-20-40-84(58-79)98-102-100(94-44-14-16-46-96(94)110-102)108-104(106-98)85-41-21-32-76(59-85)68-25-7-2-8-26-68/h1-66H. The molecule has 16 aromatic carbocycles. The molecule has 0 N–H and O–H groups in total. The van der Waals surface area contributed by atoms with Crippen LogP contribution < -0.4 is 0 Å². The van der Waals surface area contributed by atoms with Gasteiger partial charge in [-0.25, -0.2) is 19.9 Å². The fraction of sp³-hybridized carbons (Fsp3) is 0. The van der Waals surface area contributed by atoms with Crippen LogP contribution in [0.3, 0.4) is 0 Å². The van der Waals surface area contributed by atoms with Gasteiger partial charge in [0.25, 0.3) is 0 Å². The topological polar surface area (TPSA) is 51.6 Å². The smallest absolute Gasteiger partial charge is 0.160 e. The highest BCUT2D eigenvalue weighted by Crippen LogP contribution is 2.45. The fourth-order valence-corrected chi connectivity index (χ4v) is 17.7. The molecule has 0 bridgehead atoms. The maximum Gasteiger partial charge on any atom is 0.160 e. The SMILES string of the molecule is c1ccc(-c2ccc(-c3cc(-c4ccc(-c5cccc(-c6cc(-c7ccccc7)cc(-c7cccc(-c8cccc(-c9nc(-c%10cccc(-c%11ccccc%11)c%10)nc%10c9sc9ccccc9%10)c8)c7)c6)c5)cc4)cc(-c4cccc(-c5cccc(-c6nc(-c7ccccc7)c7sc8ccccc8c7n6)c5)c4)c3)cc2)cc1. The first-order chi connectivity index (χ1) is 54.4. The van der Waals surface area contributed by atoms with Crippen molar-refractivity contribution < 1.29 is 0 Å². The van der Waals surface area contributed by atoms with E-state index < -0.39 is 0 Å². The Morgan fingerprint density at radius 3 is 0.727 bits per heavy atom. The van der Waals surface area contributed by atoms with Gasteiger partial charge >= 0.3 is 0 Å². The van der Waals surface area contributed by atoms with Crippen molar-refractivity contribution in [2.45, 2.75) is 0 Å². The van der Waals surface area contributed by atoms with Crippen LogP contribution in [0.5, 0.6) is 0 Å². The van der Waals surface area contributed by atoms with Gasteiger partial charge in [0.05, 0.1) is 31.8 Å². The molecule has 0 spiro atoms. The van der Waals surface area contributed by atoms with Gasteiger partial charge in [0.1, 0.15) is 0 Å². The third-order valence-corrected chi connectivity index (χ3v) is 23.4. The van der Waals surface area contributed by atoms with Crippen molar-refractivity contribution in [3.05, 3.63) is 400 Å². The van der Waals surface area contributed by atoms with Gasteiger partial charge in [0.2, 0.25) is 0 Å². The summed E-state index contributed by atoms with van der Waals surface area (Å²) in [4.78, 5) is 21.4. The summed E-state index contributed by atoms with van der Waals surface area (Å²) in [5, 5.41) is 2.28. The van der Waals surface area contributed by atoms with Gasteiger partial charge in [0, 0.05) is 42.4 Å². The second-order valence-electron chi connectivity index (χ2n) is 28.0. The van der Waals surface area contributed by atoms with Gasteiger partial charge in [-0.15, -0.1) is 22.7 Å². The molecule has 20 aromatic rings. The van der Waals surface area contributed by atoms with Crippen molar-refractivity contribution in [2.75, 3.05) is 0 Å². The zero-order chi connectivity index (χ0) is 72.9. The molecule has 0 atom stereocenters. The lowest BCUT2D eigenvalue weighted by Crippen LogP contribution is -1.94. The lowest BCUT2D eigenvalue weighted by atomic mass is 9.90. The van der Waals surface area contributed by atoms with E-state index >= 15 is 0 Å². The quantitative estimate of drug-likeness (QED) is 0.103. The molecule has 514 valence electrons. The van der Waals surface area contributed by atoms with E-state index in [2.05, 4.69) is 400 Å². The van der Waals surface area contributed by atoms with Crippen molar-refractivity contribution in [3.8, 4) is 168 Å². The number of hydrogen-bond acceptors (Lipinski definition) is 6. The zero-order valence-electron chi connectivity index (χ0n) is 59.7. The lowest BCUT2D eigenvalue weighted by molar-refractivity contribution is 1.24. The first kappa shape index (κ1) is 65.6. The van der Waals surface area contributed by atoms with Crippen molar-refractivity contribution in [1.82, 2.24) is 19.9 Å². The lowest BCUT2D eigenvalue weighted by Gasteiger charge is -2.14. The third kappa shape index (κ3) is 12.8. The van der Waals surface area contributed by atoms with Crippen molar-refractivity contribution in [1.29, 1.82) is 0 Å². The van der Waals surface area contributed by atoms with E-state index in [1.165, 1.54) is 20.5 Å². The molecule has 0 amide bonds. The third-order valence-electron chi connectivity index (χ3n) is 21.1. The largest absolute Gasteiger partial charge is 0.226 e. The molecule has 4 aromatic heterocycles. The second-order valence-corrected chi connectivity index (χ2v) is 30.1. The van der Waals surface area contributed by atoms with Gasteiger partial charge in [-0.2, -0.15) is 0 Å². The Bertz CT molecular complexity index is 6870. The molecule has 4 nitrogen and oxygen atoms in total. The maximum atomic E-state index is 5.45. The summed E-state index contributed by atoms with van der Waals surface area (Å²) in [7, 11) is 0. The highest BCUT2D eigenvalue weighted by molar-refractivity contribution is 7.26. The minimum atomic E-state index is 0.707. The van der Waals surface area contributed by atoms with E-state index in [0.717, 1.165) is 176 Å². The number of rotatable bonds is 15. The Hall–Kier alpha value is -13.9. The molecular weight excluding hydrogens is 1370 g/mol. The van der Waals surface area contributed by atoms with Crippen LogP contribution in [0, 0.1) is 0 Å². The first-order valence-electron chi connectivity index (χ1n) is 37.2. The summed E-state index contributed by atoms with van der Waals surface area (Å²) < 4.78 is 4.57. The van der Waals surface area contributed by atoms with E-state index in [1.807, 2.05) is 0 Å². The van der Waals surface area contributed by atoms with Gasteiger partial charge < -0.3 is 0 Å². The Balaban J connectivity index is 0.625. The average molecular weight is 1440 g/mol. The number of thiophene rings is 2. The van der Waals surface area contributed by atoms with E-state index in [1.54, 1.807) is 22.7 Å². The molecule has 110 heavy (non-hydrogen) atoms. The Morgan fingerprint density at radius 1 is 0.145 bits per heavy atom. The van der Waals surface area contributed by atoms with E-state index in [4.69, 9.17) is 19.9 Å². The number of hydrogen-bond donors (Lipinski definition) is 0. The van der Waals surface area contributed by atoms with Crippen LogP contribution in [0.25, 0.3) is 208 Å². The maximum absolute atomic E-state index is 5.45. The Labute approximate surface area is 646 Å². The Kier molecular flexibility index (Phi) is 17.0. The minimum Gasteiger partial charge on any atom is -0.226 e. The molecule has 0 aliphatic carbocycles. The highest BCUT2D eigenvalue weighted by Gasteiger charge is 2.21. The fourth-order valence-electron chi connectivity index (χ4n) is 15.4. The van der Waals surface area contributed by atoms with Crippen LogP contribution in [-0.2, 0) is 0 Å². The van der Waals surface area contributed by atoms with Gasteiger partial charge in [-0.1, -0.05) is 315 Å². The van der Waals surface area contributed by atoms with Crippen LogP contribution in [0.2, 0.25) is 0 Å². The number of aromatic nitrogens is 4. The first-order valence-corrected chi connectivity index (χ1v) is 38.8. The van der Waals surface area contributed by atoms with Crippen LogP contribution >= 0.6 is 22.7 Å². The van der Waals surface area contributed by atoms with Crippen molar-refractivity contribution >= 4 is 63.3 Å². The summed E-state index contributed by atoms with van der Waals surface area (Å²) in [6.07, 6.45) is 0. The molecule has 6 heteroatoms. The number of benzene rings is 16. The molecule has 0 unspecified atom stereocenters. The van der Waals surface area contributed by atoms with Crippen LogP contribution in [0.15, 0.2) is 400 Å². The molecule has 0 radical (unpaired) electrons. The highest BCUT2D eigenvalue weighted by atomic mass is 32.1. The summed E-state index contributed by atoms with van der Waals surface area (Å²) >= 11 is 3.51. The second kappa shape index (κ2) is 28.4. The van der Waals surface area contributed by atoms with Gasteiger partial charge in [0.15, 0.2) is 11.6 Å². The molecular formula is C104H66N4S2. The molecule has 0 saturated heterocycles. The van der Waals surface area contributed by atoms with Gasteiger partial charge in [-0.05, 0) is 207 Å². The molecule has 0 aliphatic heterocycles. The van der Waals surface area contributed by atoms with E-state index in [-0.39, 0.29) is 0 Å². The van der Waals surface area contributed by atoms with E-state index in [0.29, 0.717) is 11.6 Å². The van der Waals surface area contributed by atoms with Crippen LogP contribution in [0.1, 0.15) is 0 Å². The monoisotopic (exact) mass is 1430 g/mol. The molecule has 20 rings (SSSR count). The number of fused-ring (bicyclic) bond motifs is 6. The normalized spacial score (nSPS) is 11.5. The summed E-state index contributed by atoms with van der Waals surface area (Å²) in [5.41, 5.74) is 33.0. The zero-order valence-corrected chi connectivity index (χ0v) is 61.3. The molecule has 0 saturated carbocycles. The average Bonchev–Trinajstić information content (AvgIpc) is 1.53. The van der Waals surface area contributed by atoms with Gasteiger partial charge in [-0.3, -0.25) is 0 Å². The summed E-state index contributed by atoms with van der Waals surface area (Å²) in [6.45, 7) is 0. The van der Waals surface area contributed by atoms with Crippen LogP contribution in [-0.4, -0.2) is 19.9 Å². The van der Waals surface area contributed by atoms with Crippen molar-refractivity contribution in [3.63, 3.8) is 0 Å².